The Morgan fingerprint density at radius 1 is 1.16 bits per heavy atom. The molecule has 6 nitrogen and oxygen atoms in total. The minimum Gasteiger partial charge on any atom is -0.496 e. The fourth-order valence-corrected chi connectivity index (χ4v) is 3.77. The van der Waals surface area contributed by atoms with E-state index >= 15 is 0 Å². The van der Waals surface area contributed by atoms with Crippen LogP contribution in [-0.2, 0) is 21.3 Å². The van der Waals surface area contributed by atoms with Crippen LogP contribution in [0.2, 0.25) is 5.02 Å². The molecular formula is C17H18ClNO5S. The van der Waals surface area contributed by atoms with Crippen LogP contribution in [0.25, 0.3) is 0 Å². The minimum absolute atomic E-state index is 0.0123. The summed E-state index contributed by atoms with van der Waals surface area (Å²) < 4.78 is 37.3. The van der Waals surface area contributed by atoms with Crippen LogP contribution in [0.1, 0.15) is 21.5 Å². The summed E-state index contributed by atoms with van der Waals surface area (Å²) in [6.45, 7) is 1.68. The average Bonchev–Trinajstić information content (AvgIpc) is 2.58. The van der Waals surface area contributed by atoms with Crippen molar-refractivity contribution >= 4 is 27.6 Å². The number of hydrogen-bond donors (Lipinski definition) is 1. The SMILES string of the molecule is COC(=O)c1cc(CNS(=O)(=O)c2ccc(Cl)cc2C)ccc1OC. The van der Waals surface area contributed by atoms with E-state index in [4.69, 9.17) is 21.1 Å². The second-order valence-corrected chi connectivity index (χ2v) is 7.43. The highest BCUT2D eigenvalue weighted by molar-refractivity contribution is 7.89. The Hall–Kier alpha value is -2.09. The number of sulfonamides is 1. The normalized spacial score (nSPS) is 11.2. The third kappa shape index (κ3) is 4.50. The average molecular weight is 384 g/mol. The van der Waals surface area contributed by atoms with Gasteiger partial charge in [0.05, 0.1) is 19.1 Å². The summed E-state index contributed by atoms with van der Waals surface area (Å²) in [4.78, 5) is 11.9. The molecule has 0 unspecified atom stereocenters. The third-order valence-corrected chi connectivity index (χ3v) is 5.36. The van der Waals surface area contributed by atoms with Gasteiger partial charge in [-0.15, -0.1) is 0 Å². The van der Waals surface area contributed by atoms with Crippen LogP contribution in [0.15, 0.2) is 41.3 Å². The summed E-state index contributed by atoms with van der Waals surface area (Å²) in [5.74, 6) is -0.206. The van der Waals surface area contributed by atoms with Gasteiger partial charge in [0.15, 0.2) is 0 Å². The van der Waals surface area contributed by atoms with Gasteiger partial charge in [-0.1, -0.05) is 17.7 Å². The zero-order valence-electron chi connectivity index (χ0n) is 14.0. The molecule has 2 rings (SSSR count). The number of benzene rings is 2. The number of aryl methyl sites for hydroxylation is 1. The second kappa shape index (κ2) is 7.86. The first-order chi connectivity index (χ1) is 11.8. The van der Waals surface area contributed by atoms with E-state index in [0.717, 1.165) is 0 Å². The lowest BCUT2D eigenvalue weighted by atomic mass is 10.1. The van der Waals surface area contributed by atoms with E-state index in [9.17, 15) is 13.2 Å². The van der Waals surface area contributed by atoms with Crippen molar-refractivity contribution in [2.75, 3.05) is 14.2 Å². The molecule has 134 valence electrons. The van der Waals surface area contributed by atoms with Gasteiger partial charge in [0, 0.05) is 11.6 Å². The van der Waals surface area contributed by atoms with E-state index in [1.165, 1.54) is 32.4 Å². The summed E-state index contributed by atoms with van der Waals surface area (Å²) in [7, 11) is -1.01. The molecule has 0 aliphatic carbocycles. The number of halogens is 1. The zero-order chi connectivity index (χ0) is 18.6. The predicted molar refractivity (Wildman–Crippen MR) is 94.5 cm³/mol. The number of hydrogen-bond acceptors (Lipinski definition) is 5. The van der Waals surface area contributed by atoms with Crippen LogP contribution in [0.5, 0.6) is 5.75 Å². The molecule has 0 aromatic heterocycles. The predicted octanol–water partition coefficient (Wildman–Crippen LogP) is 2.92. The number of carbonyl (C=O) groups excluding carboxylic acids is 1. The molecule has 0 atom stereocenters. The standard InChI is InChI=1S/C17H18ClNO5S/c1-11-8-13(18)5-7-16(11)25(21,22)19-10-12-4-6-15(23-2)14(9-12)17(20)24-3/h4-9,19H,10H2,1-3H3. The number of esters is 1. The second-order valence-electron chi connectivity index (χ2n) is 5.26. The van der Waals surface area contributed by atoms with Crippen LogP contribution < -0.4 is 9.46 Å². The van der Waals surface area contributed by atoms with Gasteiger partial charge in [0.1, 0.15) is 11.3 Å². The maximum absolute atomic E-state index is 12.5. The molecule has 25 heavy (non-hydrogen) atoms. The maximum atomic E-state index is 12.5. The van der Waals surface area contributed by atoms with E-state index in [1.807, 2.05) is 0 Å². The van der Waals surface area contributed by atoms with Crippen LogP contribution in [0.3, 0.4) is 0 Å². The van der Waals surface area contributed by atoms with E-state index in [-0.39, 0.29) is 17.0 Å². The zero-order valence-corrected chi connectivity index (χ0v) is 15.6. The van der Waals surface area contributed by atoms with Gasteiger partial charge < -0.3 is 9.47 Å². The molecule has 0 aliphatic rings. The highest BCUT2D eigenvalue weighted by Gasteiger charge is 2.18. The Morgan fingerprint density at radius 2 is 1.88 bits per heavy atom. The summed E-state index contributed by atoms with van der Waals surface area (Å²) >= 11 is 5.86. The number of carbonyl (C=O) groups is 1. The molecule has 2 aromatic carbocycles. The molecule has 2 aromatic rings. The monoisotopic (exact) mass is 383 g/mol. The summed E-state index contributed by atoms with van der Waals surface area (Å²) in [6, 6.07) is 9.34. The van der Waals surface area contributed by atoms with E-state index < -0.39 is 16.0 Å². The smallest absolute Gasteiger partial charge is 0.341 e. The molecule has 8 heteroatoms. The number of ether oxygens (including phenoxy) is 2. The minimum atomic E-state index is -3.72. The molecule has 0 fully saturated rings. The summed E-state index contributed by atoms with van der Waals surface area (Å²) in [5.41, 5.74) is 1.37. The van der Waals surface area contributed by atoms with Crippen LogP contribution in [-0.4, -0.2) is 28.6 Å². The number of methoxy groups -OCH3 is 2. The quantitative estimate of drug-likeness (QED) is 0.775. The van der Waals surface area contributed by atoms with E-state index in [0.29, 0.717) is 21.9 Å². The molecule has 0 saturated carbocycles. The van der Waals surface area contributed by atoms with Gasteiger partial charge in [-0.2, -0.15) is 0 Å². The molecule has 0 spiro atoms. The van der Waals surface area contributed by atoms with Crippen LogP contribution in [0, 0.1) is 6.92 Å². The Balaban J connectivity index is 2.24. The number of rotatable bonds is 6. The summed E-state index contributed by atoms with van der Waals surface area (Å²) in [5, 5.41) is 0.467. The van der Waals surface area contributed by atoms with E-state index in [2.05, 4.69) is 4.72 Å². The topological polar surface area (TPSA) is 81.7 Å². The Kier molecular flexibility index (Phi) is 6.05. The molecule has 0 aliphatic heterocycles. The first-order valence-corrected chi connectivity index (χ1v) is 9.15. The Bertz CT molecular complexity index is 896. The highest BCUT2D eigenvalue weighted by atomic mass is 35.5. The Labute approximate surface area is 151 Å². The van der Waals surface area contributed by atoms with Gasteiger partial charge in [0.2, 0.25) is 10.0 Å². The van der Waals surface area contributed by atoms with Crippen molar-refractivity contribution < 1.29 is 22.7 Å². The largest absolute Gasteiger partial charge is 0.496 e. The van der Waals surface area contributed by atoms with Gasteiger partial charge in [-0.25, -0.2) is 17.9 Å². The van der Waals surface area contributed by atoms with Crippen LogP contribution >= 0.6 is 11.6 Å². The van der Waals surface area contributed by atoms with Gasteiger partial charge >= 0.3 is 5.97 Å². The van der Waals surface area contributed by atoms with Crippen molar-refractivity contribution in [3.8, 4) is 5.75 Å². The highest BCUT2D eigenvalue weighted by Crippen LogP contribution is 2.22. The lowest BCUT2D eigenvalue weighted by Crippen LogP contribution is -2.24. The number of nitrogens with one attached hydrogen (secondary N) is 1. The van der Waals surface area contributed by atoms with Gasteiger partial charge in [0.25, 0.3) is 0 Å². The lowest BCUT2D eigenvalue weighted by Gasteiger charge is -2.12. The first kappa shape index (κ1) is 19.2. The van der Waals surface area contributed by atoms with E-state index in [1.54, 1.807) is 25.1 Å². The van der Waals surface area contributed by atoms with Gasteiger partial charge in [-0.3, -0.25) is 0 Å². The molecule has 0 amide bonds. The van der Waals surface area contributed by atoms with Crippen molar-refractivity contribution in [1.82, 2.24) is 4.72 Å². The fraction of sp³-hybridized carbons (Fsp3) is 0.235. The Morgan fingerprint density at radius 3 is 2.48 bits per heavy atom. The van der Waals surface area contributed by atoms with Gasteiger partial charge in [-0.05, 0) is 48.4 Å². The summed E-state index contributed by atoms with van der Waals surface area (Å²) in [6.07, 6.45) is 0. The molecular weight excluding hydrogens is 366 g/mol. The molecule has 0 heterocycles. The van der Waals surface area contributed by atoms with Crippen molar-refractivity contribution in [3.05, 3.63) is 58.1 Å². The molecule has 1 N–H and O–H groups in total. The van der Waals surface area contributed by atoms with Crippen molar-refractivity contribution in [1.29, 1.82) is 0 Å². The third-order valence-electron chi connectivity index (χ3n) is 3.56. The first-order valence-electron chi connectivity index (χ1n) is 7.29. The van der Waals surface area contributed by atoms with Crippen molar-refractivity contribution in [2.24, 2.45) is 0 Å². The lowest BCUT2D eigenvalue weighted by molar-refractivity contribution is 0.0597. The molecule has 0 saturated heterocycles. The fourth-order valence-electron chi connectivity index (χ4n) is 2.30. The molecule has 0 bridgehead atoms. The van der Waals surface area contributed by atoms with Crippen molar-refractivity contribution in [2.45, 2.75) is 18.4 Å². The van der Waals surface area contributed by atoms with Crippen LogP contribution in [0.4, 0.5) is 0 Å². The molecule has 0 radical (unpaired) electrons. The van der Waals surface area contributed by atoms with Crippen molar-refractivity contribution in [3.63, 3.8) is 0 Å². The maximum Gasteiger partial charge on any atom is 0.341 e.